The maximum Gasteiger partial charge on any atom is 0.264 e. The molecule has 2 aromatic carbocycles. The van der Waals surface area contributed by atoms with Crippen molar-refractivity contribution >= 4 is 34.2 Å². The Kier molecular flexibility index (Phi) is 5.24. The van der Waals surface area contributed by atoms with E-state index in [0.29, 0.717) is 27.5 Å². The molecule has 1 amide bonds. The molecule has 0 spiro atoms. The molecule has 0 unspecified atom stereocenters. The maximum absolute atomic E-state index is 12.8. The molecule has 2 aromatic heterocycles. The van der Waals surface area contributed by atoms with Crippen LogP contribution in [0.4, 0.5) is 5.69 Å². The first-order chi connectivity index (χ1) is 14.5. The maximum atomic E-state index is 12.8. The van der Waals surface area contributed by atoms with Crippen LogP contribution in [0.15, 0.2) is 59.8 Å². The van der Waals surface area contributed by atoms with Gasteiger partial charge >= 0.3 is 0 Å². The molecule has 30 heavy (non-hydrogen) atoms. The molecule has 4 rings (SSSR count). The van der Waals surface area contributed by atoms with Crippen LogP contribution in [0, 0.1) is 6.92 Å². The Morgan fingerprint density at radius 2 is 1.97 bits per heavy atom. The van der Waals surface area contributed by atoms with Crippen molar-refractivity contribution in [3.8, 4) is 11.4 Å². The third kappa shape index (κ3) is 3.77. The van der Waals surface area contributed by atoms with Crippen LogP contribution in [-0.2, 0) is 11.3 Å². The number of hydrogen-bond donors (Lipinski definition) is 1. The van der Waals surface area contributed by atoms with Gasteiger partial charge in [-0.05, 0) is 48.9 Å². The van der Waals surface area contributed by atoms with Gasteiger partial charge in [0.2, 0.25) is 5.91 Å². The summed E-state index contributed by atoms with van der Waals surface area (Å²) in [6.45, 7) is 1.75. The van der Waals surface area contributed by atoms with Gasteiger partial charge in [0.25, 0.3) is 5.56 Å². The number of carbonyl (C=O) groups excluding carboxylic acids is 1. The van der Waals surface area contributed by atoms with Gasteiger partial charge in [-0.1, -0.05) is 17.7 Å². The van der Waals surface area contributed by atoms with Gasteiger partial charge in [-0.15, -0.1) is 0 Å². The van der Waals surface area contributed by atoms with E-state index in [4.69, 9.17) is 16.3 Å². The number of fused-ring (bicyclic) bond motifs is 1. The van der Waals surface area contributed by atoms with Crippen molar-refractivity contribution in [1.29, 1.82) is 0 Å². The minimum absolute atomic E-state index is 0.171. The summed E-state index contributed by atoms with van der Waals surface area (Å²) < 4.78 is 7.91. The van der Waals surface area contributed by atoms with E-state index in [0.717, 1.165) is 11.3 Å². The summed E-state index contributed by atoms with van der Waals surface area (Å²) in [6.07, 6.45) is 2.79. The van der Waals surface area contributed by atoms with Crippen LogP contribution in [-0.4, -0.2) is 32.3 Å². The molecule has 0 aliphatic heterocycles. The quantitative estimate of drug-likeness (QED) is 0.532. The monoisotopic (exact) mass is 423 g/mol. The fraction of sp³-hybridized carbons (Fsp3) is 0.143. The van der Waals surface area contributed by atoms with Crippen molar-refractivity contribution in [3.63, 3.8) is 0 Å². The lowest BCUT2D eigenvalue weighted by molar-refractivity contribution is -0.116. The minimum atomic E-state index is -0.351. The SMILES string of the molecule is COc1ccc(NC(=O)Cn2cnc3c(cnn3-c3cc(Cl)ccc3C)c2=O)cc1. The summed E-state index contributed by atoms with van der Waals surface area (Å²) in [4.78, 5) is 29.6. The Hall–Kier alpha value is -3.65. The number of methoxy groups -OCH3 is 1. The van der Waals surface area contributed by atoms with E-state index in [1.807, 2.05) is 13.0 Å². The van der Waals surface area contributed by atoms with Crippen LogP contribution in [0.5, 0.6) is 5.75 Å². The molecule has 0 saturated carbocycles. The molecule has 1 N–H and O–H groups in total. The lowest BCUT2D eigenvalue weighted by atomic mass is 10.2. The summed E-state index contributed by atoms with van der Waals surface area (Å²) in [7, 11) is 1.57. The third-order valence-electron chi connectivity index (χ3n) is 4.64. The van der Waals surface area contributed by atoms with Crippen molar-refractivity contribution in [2.45, 2.75) is 13.5 Å². The predicted octanol–water partition coefficient (Wildman–Crippen LogP) is 3.19. The van der Waals surface area contributed by atoms with Crippen LogP contribution in [0.25, 0.3) is 16.7 Å². The number of hydrogen-bond acceptors (Lipinski definition) is 5. The molecule has 8 nitrogen and oxygen atoms in total. The fourth-order valence-corrected chi connectivity index (χ4v) is 3.24. The summed E-state index contributed by atoms with van der Waals surface area (Å²) in [5.74, 6) is 0.340. The normalized spacial score (nSPS) is 10.9. The second kappa shape index (κ2) is 8.00. The summed E-state index contributed by atoms with van der Waals surface area (Å²) in [6, 6.07) is 12.3. The Morgan fingerprint density at radius 1 is 1.20 bits per heavy atom. The molecule has 9 heteroatoms. The third-order valence-corrected chi connectivity index (χ3v) is 4.88. The number of nitrogens with zero attached hydrogens (tertiary/aromatic N) is 4. The summed E-state index contributed by atoms with van der Waals surface area (Å²) in [5.41, 5.74) is 2.33. The zero-order valence-corrected chi connectivity index (χ0v) is 17.1. The van der Waals surface area contributed by atoms with Gasteiger partial charge in [0, 0.05) is 10.7 Å². The Balaban J connectivity index is 1.60. The lowest BCUT2D eigenvalue weighted by Crippen LogP contribution is -2.27. The number of halogens is 1. The minimum Gasteiger partial charge on any atom is -0.497 e. The number of aromatic nitrogens is 4. The van der Waals surface area contributed by atoms with E-state index in [-0.39, 0.29) is 18.0 Å². The molecule has 0 aliphatic rings. The van der Waals surface area contributed by atoms with Gasteiger partial charge in [0.15, 0.2) is 5.65 Å². The van der Waals surface area contributed by atoms with Crippen molar-refractivity contribution in [2.75, 3.05) is 12.4 Å². The average Bonchev–Trinajstić information content (AvgIpc) is 3.17. The van der Waals surface area contributed by atoms with Crippen molar-refractivity contribution in [3.05, 3.63) is 75.9 Å². The molecule has 4 aromatic rings. The van der Waals surface area contributed by atoms with Crippen LogP contribution in [0.3, 0.4) is 0 Å². The van der Waals surface area contributed by atoms with E-state index >= 15 is 0 Å². The molecule has 152 valence electrons. The number of anilines is 1. The number of benzene rings is 2. The number of aryl methyl sites for hydroxylation is 1. The molecular weight excluding hydrogens is 406 g/mol. The molecular formula is C21H18ClN5O3. The zero-order chi connectivity index (χ0) is 21.3. The molecule has 0 radical (unpaired) electrons. The van der Waals surface area contributed by atoms with Crippen molar-refractivity contribution in [2.24, 2.45) is 0 Å². The second-order valence-corrected chi connectivity index (χ2v) is 7.12. The first kappa shape index (κ1) is 19.7. The molecule has 0 bridgehead atoms. The van der Waals surface area contributed by atoms with Crippen molar-refractivity contribution in [1.82, 2.24) is 19.3 Å². The van der Waals surface area contributed by atoms with Gasteiger partial charge in [-0.2, -0.15) is 5.10 Å². The van der Waals surface area contributed by atoms with Gasteiger partial charge < -0.3 is 10.1 Å². The number of ether oxygens (including phenoxy) is 1. The zero-order valence-electron chi connectivity index (χ0n) is 16.3. The van der Waals surface area contributed by atoms with Gasteiger partial charge in [0.05, 0.1) is 19.0 Å². The van der Waals surface area contributed by atoms with Crippen LogP contribution < -0.4 is 15.6 Å². The topological polar surface area (TPSA) is 91.0 Å². The second-order valence-electron chi connectivity index (χ2n) is 6.68. The Morgan fingerprint density at radius 3 is 2.70 bits per heavy atom. The standard InChI is InChI=1S/C21H18ClN5O3/c1-13-3-4-14(22)9-18(13)27-20-17(10-24-27)21(29)26(12-23-20)11-19(28)25-15-5-7-16(30-2)8-6-15/h3-10,12H,11H2,1-2H3,(H,25,28). The smallest absolute Gasteiger partial charge is 0.264 e. The fourth-order valence-electron chi connectivity index (χ4n) is 3.08. The Labute approximate surface area is 176 Å². The summed E-state index contributed by atoms with van der Waals surface area (Å²) >= 11 is 6.10. The predicted molar refractivity (Wildman–Crippen MR) is 114 cm³/mol. The first-order valence-corrected chi connectivity index (χ1v) is 9.47. The van der Waals surface area contributed by atoms with Crippen LogP contribution in [0.1, 0.15) is 5.56 Å². The number of nitrogens with one attached hydrogen (secondary N) is 1. The van der Waals surface area contributed by atoms with E-state index in [2.05, 4.69) is 15.4 Å². The lowest BCUT2D eigenvalue weighted by Gasteiger charge is -2.09. The molecule has 0 fully saturated rings. The highest BCUT2D eigenvalue weighted by Gasteiger charge is 2.14. The number of carbonyl (C=O) groups is 1. The molecule has 0 saturated heterocycles. The van der Waals surface area contributed by atoms with Gasteiger partial charge in [0.1, 0.15) is 24.0 Å². The highest BCUT2D eigenvalue weighted by atomic mass is 35.5. The van der Waals surface area contributed by atoms with E-state index < -0.39 is 0 Å². The first-order valence-electron chi connectivity index (χ1n) is 9.10. The van der Waals surface area contributed by atoms with Crippen molar-refractivity contribution < 1.29 is 9.53 Å². The van der Waals surface area contributed by atoms with Crippen LogP contribution in [0.2, 0.25) is 5.02 Å². The Bertz CT molecular complexity index is 1290. The summed E-state index contributed by atoms with van der Waals surface area (Å²) in [5, 5.41) is 7.92. The number of rotatable bonds is 5. The molecule has 0 atom stereocenters. The average molecular weight is 424 g/mol. The van der Waals surface area contributed by atoms with Gasteiger partial charge in [-0.3, -0.25) is 14.2 Å². The van der Waals surface area contributed by atoms with E-state index in [1.54, 1.807) is 48.2 Å². The van der Waals surface area contributed by atoms with E-state index in [1.165, 1.54) is 17.1 Å². The van der Waals surface area contributed by atoms with E-state index in [9.17, 15) is 9.59 Å². The largest absolute Gasteiger partial charge is 0.497 e. The molecule has 0 aliphatic carbocycles. The highest BCUT2D eigenvalue weighted by molar-refractivity contribution is 6.30. The van der Waals surface area contributed by atoms with Gasteiger partial charge in [-0.25, -0.2) is 9.67 Å². The van der Waals surface area contributed by atoms with Crippen LogP contribution >= 0.6 is 11.6 Å². The highest BCUT2D eigenvalue weighted by Crippen LogP contribution is 2.21. The molecule has 2 heterocycles. The number of amides is 1.